The van der Waals surface area contributed by atoms with Gasteiger partial charge in [-0.2, -0.15) is 0 Å². The Labute approximate surface area is 123 Å². The molecular weight excluding hydrogens is 270 g/mol. The molecular formula is C14H21N5O2. The van der Waals surface area contributed by atoms with Crippen molar-refractivity contribution in [1.82, 2.24) is 14.9 Å². The highest BCUT2D eigenvalue weighted by Crippen LogP contribution is 2.34. The number of nitrogens with two attached hydrogens (primary N) is 1. The molecule has 1 aromatic heterocycles. The van der Waals surface area contributed by atoms with Gasteiger partial charge in [0.15, 0.2) is 0 Å². The molecule has 0 aromatic carbocycles. The highest BCUT2D eigenvalue weighted by atomic mass is 16.6. The summed E-state index contributed by atoms with van der Waals surface area (Å²) in [5.74, 6) is 1.26. The predicted molar refractivity (Wildman–Crippen MR) is 78.0 cm³/mol. The number of rotatable bonds is 5. The summed E-state index contributed by atoms with van der Waals surface area (Å²) in [5.41, 5.74) is 6.86. The fourth-order valence-electron chi connectivity index (χ4n) is 2.72. The Kier molecular flexibility index (Phi) is 4.19. The van der Waals surface area contributed by atoms with Gasteiger partial charge < -0.3 is 20.7 Å². The molecule has 7 nitrogen and oxygen atoms in total. The summed E-state index contributed by atoms with van der Waals surface area (Å²) in [4.78, 5) is 21.7. The maximum absolute atomic E-state index is 11.5. The second kappa shape index (κ2) is 6.26. The summed E-state index contributed by atoms with van der Waals surface area (Å²) in [6.07, 6.45) is 4.24. The van der Waals surface area contributed by atoms with Crippen molar-refractivity contribution in [2.45, 2.75) is 31.2 Å². The fourth-order valence-corrected chi connectivity index (χ4v) is 2.72. The summed E-state index contributed by atoms with van der Waals surface area (Å²) in [5, 5.41) is 3.24. The van der Waals surface area contributed by atoms with Crippen LogP contribution in [-0.2, 0) is 4.74 Å². The van der Waals surface area contributed by atoms with Crippen LogP contribution in [0.3, 0.4) is 0 Å². The molecule has 0 unspecified atom stereocenters. The number of hydrogen-bond donors (Lipinski definition) is 2. The van der Waals surface area contributed by atoms with E-state index in [1.54, 1.807) is 11.2 Å². The average Bonchev–Trinajstić information content (AvgIpc) is 2.46. The number of carbonyl (C=O) groups excluding carboxylic acids is 1. The van der Waals surface area contributed by atoms with Crippen LogP contribution in [-0.4, -0.2) is 53.2 Å². The number of aromatic nitrogens is 2. The number of carbonyl (C=O) groups is 1. The van der Waals surface area contributed by atoms with Crippen molar-refractivity contribution in [3.8, 4) is 0 Å². The van der Waals surface area contributed by atoms with Gasteiger partial charge in [0.1, 0.15) is 12.1 Å². The van der Waals surface area contributed by atoms with E-state index in [1.165, 1.54) is 0 Å². The lowest BCUT2D eigenvalue weighted by Gasteiger charge is -2.31. The minimum absolute atomic E-state index is 0.227. The fraction of sp³-hybridized carbons (Fsp3) is 0.643. The quantitative estimate of drug-likeness (QED) is 0.838. The van der Waals surface area contributed by atoms with E-state index in [4.69, 9.17) is 10.5 Å². The Bertz CT molecular complexity index is 504. The average molecular weight is 291 g/mol. The van der Waals surface area contributed by atoms with Crippen LogP contribution in [0.1, 0.15) is 30.9 Å². The molecule has 1 amide bonds. The first-order chi connectivity index (χ1) is 10.2. The third kappa shape index (κ3) is 3.41. The lowest BCUT2D eigenvalue weighted by molar-refractivity contribution is 0.0746. The number of nitrogens with one attached hydrogen (secondary N) is 1. The second-order valence-corrected chi connectivity index (χ2v) is 5.64. The Morgan fingerprint density at radius 2 is 2.29 bits per heavy atom. The topological polar surface area (TPSA) is 93.4 Å². The van der Waals surface area contributed by atoms with Crippen molar-refractivity contribution in [2.75, 3.05) is 31.6 Å². The Hall–Kier alpha value is -1.89. The number of nitrogens with zero attached hydrogens (tertiary/aromatic N) is 3. The van der Waals surface area contributed by atoms with Gasteiger partial charge in [0.25, 0.3) is 0 Å². The molecule has 1 saturated carbocycles. The molecule has 114 valence electrons. The second-order valence-electron chi connectivity index (χ2n) is 5.64. The molecule has 1 aliphatic carbocycles. The van der Waals surface area contributed by atoms with Crippen LogP contribution in [0, 0.1) is 0 Å². The molecule has 0 bridgehead atoms. The van der Waals surface area contributed by atoms with Crippen molar-refractivity contribution in [3.05, 3.63) is 18.1 Å². The summed E-state index contributed by atoms with van der Waals surface area (Å²) in [6, 6.07) is 2.29. The van der Waals surface area contributed by atoms with E-state index in [2.05, 4.69) is 15.3 Å². The highest BCUT2D eigenvalue weighted by molar-refractivity contribution is 5.68. The van der Waals surface area contributed by atoms with E-state index in [9.17, 15) is 4.79 Å². The van der Waals surface area contributed by atoms with Gasteiger partial charge in [-0.3, -0.25) is 0 Å². The van der Waals surface area contributed by atoms with Gasteiger partial charge in [0.05, 0.1) is 6.61 Å². The molecule has 1 aromatic rings. The molecule has 21 heavy (non-hydrogen) atoms. The molecule has 2 fully saturated rings. The van der Waals surface area contributed by atoms with E-state index >= 15 is 0 Å². The van der Waals surface area contributed by atoms with Gasteiger partial charge in [-0.25, -0.2) is 14.8 Å². The van der Waals surface area contributed by atoms with Crippen LogP contribution < -0.4 is 11.1 Å². The molecule has 1 saturated heterocycles. The van der Waals surface area contributed by atoms with Crippen LogP contribution in [0.15, 0.2) is 12.4 Å². The SMILES string of the molecule is NC1CC(c2cc(NCCN3CCCOC3=O)ncn2)C1. The van der Waals surface area contributed by atoms with Crippen molar-refractivity contribution in [3.63, 3.8) is 0 Å². The molecule has 0 atom stereocenters. The molecule has 3 N–H and O–H groups in total. The monoisotopic (exact) mass is 291 g/mol. The van der Waals surface area contributed by atoms with Gasteiger partial charge in [-0.05, 0) is 19.3 Å². The van der Waals surface area contributed by atoms with Crippen LogP contribution in [0.4, 0.5) is 10.6 Å². The van der Waals surface area contributed by atoms with E-state index in [0.29, 0.717) is 31.7 Å². The molecule has 2 heterocycles. The van der Waals surface area contributed by atoms with Gasteiger partial charge in [0, 0.05) is 43.4 Å². The summed E-state index contributed by atoms with van der Waals surface area (Å²) in [6.45, 7) is 2.55. The zero-order valence-electron chi connectivity index (χ0n) is 12.0. The highest BCUT2D eigenvalue weighted by Gasteiger charge is 2.28. The number of amides is 1. The zero-order valence-corrected chi connectivity index (χ0v) is 12.0. The van der Waals surface area contributed by atoms with Crippen molar-refractivity contribution in [2.24, 2.45) is 5.73 Å². The molecule has 1 aliphatic heterocycles. The minimum Gasteiger partial charge on any atom is -0.449 e. The van der Waals surface area contributed by atoms with Crippen LogP contribution in [0.25, 0.3) is 0 Å². The molecule has 7 heteroatoms. The molecule has 3 rings (SSSR count). The Morgan fingerprint density at radius 1 is 1.43 bits per heavy atom. The van der Waals surface area contributed by atoms with Crippen molar-refractivity contribution in [1.29, 1.82) is 0 Å². The van der Waals surface area contributed by atoms with Gasteiger partial charge in [0.2, 0.25) is 0 Å². The molecule has 0 radical (unpaired) electrons. The predicted octanol–water partition coefficient (Wildman–Crippen LogP) is 0.935. The third-order valence-electron chi connectivity index (χ3n) is 4.02. The number of cyclic esters (lactones) is 1. The minimum atomic E-state index is -0.227. The summed E-state index contributed by atoms with van der Waals surface area (Å²) >= 11 is 0. The lowest BCUT2D eigenvalue weighted by atomic mass is 9.79. The van der Waals surface area contributed by atoms with Crippen LogP contribution in [0.2, 0.25) is 0 Å². The first kappa shape index (κ1) is 14.1. The van der Waals surface area contributed by atoms with Crippen molar-refractivity contribution >= 4 is 11.9 Å². The standard InChI is InChI=1S/C14H21N5O2/c15-11-6-10(7-11)12-8-13(18-9-17-12)16-2-4-19-3-1-5-21-14(19)20/h8-11H,1-7,15H2,(H,16,17,18). The summed E-state index contributed by atoms with van der Waals surface area (Å²) in [7, 11) is 0. The zero-order chi connectivity index (χ0) is 14.7. The number of ether oxygens (including phenoxy) is 1. The molecule has 0 spiro atoms. The lowest BCUT2D eigenvalue weighted by Crippen LogP contribution is -2.40. The summed E-state index contributed by atoms with van der Waals surface area (Å²) < 4.78 is 5.00. The Morgan fingerprint density at radius 3 is 3.05 bits per heavy atom. The van der Waals surface area contributed by atoms with Gasteiger partial charge in [-0.1, -0.05) is 0 Å². The van der Waals surface area contributed by atoms with Gasteiger partial charge in [-0.15, -0.1) is 0 Å². The maximum Gasteiger partial charge on any atom is 0.409 e. The Balaban J connectivity index is 1.48. The normalized spacial score (nSPS) is 25.2. The van der Waals surface area contributed by atoms with E-state index in [0.717, 1.165) is 37.3 Å². The van der Waals surface area contributed by atoms with Crippen LogP contribution in [0.5, 0.6) is 0 Å². The largest absolute Gasteiger partial charge is 0.449 e. The van der Waals surface area contributed by atoms with E-state index in [1.807, 2.05) is 6.07 Å². The van der Waals surface area contributed by atoms with Gasteiger partial charge >= 0.3 is 6.09 Å². The smallest absolute Gasteiger partial charge is 0.409 e. The van der Waals surface area contributed by atoms with Crippen molar-refractivity contribution < 1.29 is 9.53 Å². The van der Waals surface area contributed by atoms with E-state index < -0.39 is 0 Å². The third-order valence-corrected chi connectivity index (χ3v) is 4.02. The number of hydrogen-bond acceptors (Lipinski definition) is 6. The van der Waals surface area contributed by atoms with E-state index in [-0.39, 0.29) is 6.09 Å². The maximum atomic E-state index is 11.5. The first-order valence-corrected chi connectivity index (χ1v) is 7.45. The van der Waals surface area contributed by atoms with Crippen LogP contribution >= 0.6 is 0 Å². The first-order valence-electron chi connectivity index (χ1n) is 7.45. The molecule has 2 aliphatic rings. The number of anilines is 1.